The topological polar surface area (TPSA) is 40.6 Å². The Balaban J connectivity index is 1.63. The molecule has 2 amide bonds. The molecule has 3 fully saturated rings. The van der Waals surface area contributed by atoms with Crippen molar-refractivity contribution in [3.05, 3.63) is 0 Å². The second-order valence-electron chi connectivity index (χ2n) is 7.81. The van der Waals surface area contributed by atoms with E-state index in [1.54, 1.807) is 6.92 Å². The van der Waals surface area contributed by atoms with Gasteiger partial charge in [-0.2, -0.15) is 0 Å². The summed E-state index contributed by atoms with van der Waals surface area (Å²) in [6, 6.07) is 0.632. The van der Waals surface area contributed by atoms with E-state index in [4.69, 9.17) is 0 Å². The molecule has 1 saturated heterocycles. The number of amides is 2. The summed E-state index contributed by atoms with van der Waals surface area (Å²) >= 11 is 1.88. The van der Waals surface area contributed by atoms with Gasteiger partial charge in [-0.1, -0.05) is 32.1 Å². The molecule has 0 aromatic rings. The van der Waals surface area contributed by atoms with Gasteiger partial charge < -0.3 is 9.80 Å². The van der Waals surface area contributed by atoms with Crippen molar-refractivity contribution in [1.82, 2.24) is 9.80 Å². The summed E-state index contributed by atoms with van der Waals surface area (Å²) in [5.41, 5.74) is 0. The number of thioether (sulfide) groups is 1. The zero-order valence-electron chi connectivity index (χ0n) is 15.2. The molecule has 4 nitrogen and oxygen atoms in total. The predicted molar refractivity (Wildman–Crippen MR) is 99.1 cm³/mol. The molecule has 0 aromatic carbocycles. The van der Waals surface area contributed by atoms with Crippen molar-refractivity contribution in [2.45, 2.75) is 95.0 Å². The number of hydrogen-bond acceptors (Lipinski definition) is 3. The summed E-state index contributed by atoms with van der Waals surface area (Å²) < 4.78 is 0. The minimum atomic E-state index is 0.144. The molecule has 2 aliphatic carbocycles. The van der Waals surface area contributed by atoms with E-state index < -0.39 is 0 Å². The number of carbonyl (C=O) groups excluding carboxylic acids is 2. The number of piperazine rings is 1. The van der Waals surface area contributed by atoms with Gasteiger partial charge in [0.25, 0.3) is 0 Å². The molecule has 3 atom stereocenters. The Morgan fingerprint density at radius 2 is 1.58 bits per heavy atom. The number of hydrogen-bond donors (Lipinski definition) is 0. The van der Waals surface area contributed by atoms with Crippen molar-refractivity contribution in [3.8, 4) is 0 Å². The lowest BCUT2D eigenvalue weighted by atomic mass is 9.84. The largest absolute Gasteiger partial charge is 0.335 e. The molecule has 2 unspecified atom stereocenters. The molecule has 5 heteroatoms. The zero-order chi connectivity index (χ0) is 17.1. The second kappa shape index (κ2) is 8.11. The molecule has 0 radical (unpaired) electrons. The van der Waals surface area contributed by atoms with Crippen LogP contribution < -0.4 is 0 Å². The molecule has 1 aliphatic heterocycles. The highest BCUT2D eigenvalue weighted by Gasteiger charge is 2.43. The summed E-state index contributed by atoms with van der Waals surface area (Å²) in [6.45, 7) is 4.49. The van der Waals surface area contributed by atoms with Crippen molar-refractivity contribution >= 4 is 23.6 Å². The van der Waals surface area contributed by atoms with Gasteiger partial charge in [0.2, 0.25) is 11.8 Å². The zero-order valence-corrected chi connectivity index (χ0v) is 16.0. The molecular formula is C19H32N2O2S. The molecule has 0 bridgehead atoms. The maximum Gasteiger partial charge on any atom is 0.232 e. The van der Waals surface area contributed by atoms with Crippen LogP contribution in [-0.2, 0) is 9.59 Å². The summed E-state index contributed by atoms with van der Waals surface area (Å²) in [6.07, 6.45) is 11.0. The highest BCUT2D eigenvalue weighted by molar-refractivity contribution is 8.00. The maximum absolute atomic E-state index is 12.9. The number of rotatable bonds is 3. The minimum Gasteiger partial charge on any atom is -0.335 e. The SMILES string of the molecule is CC(=O)N1C2CCCCC2N(C(=O)CSC2CCCCC2)C[C@@H]1C. The molecule has 0 spiro atoms. The monoisotopic (exact) mass is 352 g/mol. The third-order valence-corrected chi connectivity index (χ3v) is 7.42. The lowest BCUT2D eigenvalue weighted by Crippen LogP contribution is -2.66. The maximum atomic E-state index is 12.9. The van der Waals surface area contributed by atoms with E-state index in [9.17, 15) is 9.59 Å². The van der Waals surface area contributed by atoms with Gasteiger partial charge in [0, 0.05) is 24.8 Å². The summed E-state index contributed by atoms with van der Waals surface area (Å²) in [5, 5.41) is 0.681. The van der Waals surface area contributed by atoms with Gasteiger partial charge in [-0.3, -0.25) is 9.59 Å². The first-order chi connectivity index (χ1) is 11.6. The Morgan fingerprint density at radius 1 is 0.958 bits per heavy atom. The number of carbonyl (C=O) groups is 2. The van der Waals surface area contributed by atoms with E-state index in [0.29, 0.717) is 23.5 Å². The highest BCUT2D eigenvalue weighted by Crippen LogP contribution is 2.34. The normalized spacial score (nSPS) is 31.7. The fourth-order valence-corrected chi connectivity index (χ4v) is 6.16. The quantitative estimate of drug-likeness (QED) is 0.781. The Kier molecular flexibility index (Phi) is 6.12. The van der Waals surface area contributed by atoms with E-state index in [-0.39, 0.29) is 24.0 Å². The van der Waals surface area contributed by atoms with E-state index in [1.165, 1.54) is 44.9 Å². The van der Waals surface area contributed by atoms with E-state index in [0.717, 1.165) is 12.8 Å². The second-order valence-corrected chi connectivity index (χ2v) is 9.10. The van der Waals surface area contributed by atoms with Crippen LogP contribution in [0.5, 0.6) is 0 Å². The number of fused-ring (bicyclic) bond motifs is 1. The van der Waals surface area contributed by atoms with Crippen molar-refractivity contribution in [2.75, 3.05) is 12.3 Å². The van der Waals surface area contributed by atoms with Gasteiger partial charge in [0.05, 0.1) is 17.8 Å². The summed E-state index contributed by atoms with van der Waals surface area (Å²) in [5.74, 6) is 1.10. The smallest absolute Gasteiger partial charge is 0.232 e. The average Bonchev–Trinajstić information content (AvgIpc) is 2.59. The molecule has 3 aliphatic rings. The van der Waals surface area contributed by atoms with Crippen molar-refractivity contribution < 1.29 is 9.59 Å². The van der Waals surface area contributed by atoms with Crippen LogP contribution in [0.1, 0.15) is 71.6 Å². The van der Waals surface area contributed by atoms with E-state index >= 15 is 0 Å². The first-order valence-electron chi connectivity index (χ1n) is 9.78. The molecule has 0 aromatic heterocycles. The van der Waals surface area contributed by atoms with Crippen LogP contribution in [0.25, 0.3) is 0 Å². The molecule has 136 valence electrons. The molecule has 1 heterocycles. The Morgan fingerprint density at radius 3 is 2.25 bits per heavy atom. The van der Waals surface area contributed by atoms with Gasteiger partial charge in [0.1, 0.15) is 0 Å². The summed E-state index contributed by atoms with van der Waals surface area (Å²) in [4.78, 5) is 29.2. The van der Waals surface area contributed by atoms with E-state index in [2.05, 4.69) is 16.7 Å². The predicted octanol–water partition coefficient (Wildman–Crippen LogP) is 3.44. The van der Waals surface area contributed by atoms with Crippen LogP contribution in [0.15, 0.2) is 0 Å². The van der Waals surface area contributed by atoms with Crippen LogP contribution in [0, 0.1) is 0 Å². The van der Waals surface area contributed by atoms with Gasteiger partial charge >= 0.3 is 0 Å². The first-order valence-corrected chi connectivity index (χ1v) is 10.8. The number of nitrogens with zero attached hydrogens (tertiary/aromatic N) is 2. The standard InChI is InChI=1S/C19H32N2O2S/c1-14-12-20(19(23)13-24-16-8-4-3-5-9-16)17-10-6-7-11-18(17)21(14)15(2)22/h14,16-18H,3-13H2,1-2H3/t14-,17?,18?/m0/s1. The van der Waals surface area contributed by atoms with Crippen LogP contribution in [-0.4, -0.2) is 57.3 Å². The van der Waals surface area contributed by atoms with Crippen molar-refractivity contribution in [2.24, 2.45) is 0 Å². The molecular weight excluding hydrogens is 320 g/mol. The highest BCUT2D eigenvalue weighted by atomic mass is 32.2. The van der Waals surface area contributed by atoms with Crippen LogP contribution in [0.2, 0.25) is 0 Å². The van der Waals surface area contributed by atoms with Crippen LogP contribution in [0.3, 0.4) is 0 Å². The fraction of sp³-hybridized carbons (Fsp3) is 0.895. The third kappa shape index (κ3) is 3.92. The fourth-order valence-electron chi connectivity index (χ4n) is 4.95. The van der Waals surface area contributed by atoms with Gasteiger partial charge in [0.15, 0.2) is 0 Å². The lowest BCUT2D eigenvalue weighted by molar-refractivity contribution is -0.151. The van der Waals surface area contributed by atoms with Gasteiger partial charge in [-0.15, -0.1) is 11.8 Å². The Hall–Kier alpha value is -0.710. The third-order valence-electron chi connectivity index (χ3n) is 6.07. The lowest BCUT2D eigenvalue weighted by Gasteiger charge is -2.52. The average molecular weight is 353 g/mol. The molecule has 2 saturated carbocycles. The van der Waals surface area contributed by atoms with Crippen LogP contribution >= 0.6 is 11.8 Å². The Bertz CT molecular complexity index is 464. The minimum absolute atomic E-state index is 0.144. The van der Waals surface area contributed by atoms with Crippen molar-refractivity contribution in [1.29, 1.82) is 0 Å². The van der Waals surface area contributed by atoms with E-state index in [1.807, 2.05) is 11.8 Å². The first kappa shape index (κ1) is 18.1. The summed E-state index contributed by atoms with van der Waals surface area (Å²) in [7, 11) is 0. The van der Waals surface area contributed by atoms with Gasteiger partial charge in [-0.05, 0) is 32.6 Å². The molecule has 3 rings (SSSR count). The van der Waals surface area contributed by atoms with Gasteiger partial charge in [-0.25, -0.2) is 0 Å². The van der Waals surface area contributed by atoms with Crippen molar-refractivity contribution in [3.63, 3.8) is 0 Å². The Labute approximate surface area is 150 Å². The molecule has 0 N–H and O–H groups in total. The van der Waals surface area contributed by atoms with Crippen LogP contribution in [0.4, 0.5) is 0 Å². The molecule has 24 heavy (non-hydrogen) atoms.